The highest BCUT2D eigenvalue weighted by Gasteiger charge is 2.48. The predicted molar refractivity (Wildman–Crippen MR) is 109 cm³/mol. The van der Waals surface area contributed by atoms with Gasteiger partial charge in [-0.1, -0.05) is 25.4 Å². The lowest BCUT2D eigenvalue weighted by Crippen LogP contribution is -2.51. The van der Waals surface area contributed by atoms with Crippen LogP contribution in [0.4, 0.5) is 5.69 Å². The smallest absolute Gasteiger partial charge is 0.253 e. The standard InChI is InChI=1S/C21H30ClN3O2/c1-12-13(2)18(12)20(27)24-14-7-9-21(3,10-8-14)25-19(26)16-11-15(23-4)5-6-17(16)22/h5-6,11-14,18,23H,7-10H2,1-4H3,(H,24,27)(H,25,26)/t12-,13+,14?,18?,21?. The summed E-state index contributed by atoms with van der Waals surface area (Å²) in [5, 5.41) is 9.85. The van der Waals surface area contributed by atoms with Crippen LogP contribution in [-0.4, -0.2) is 30.4 Å². The van der Waals surface area contributed by atoms with Crippen molar-refractivity contribution in [3.63, 3.8) is 0 Å². The average Bonchev–Trinajstić information content (AvgIpc) is 3.23. The van der Waals surface area contributed by atoms with Crippen molar-refractivity contribution in [2.24, 2.45) is 17.8 Å². The number of hydrogen-bond donors (Lipinski definition) is 3. The zero-order chi connectivity index (χ0) is 19.8. The number of carbonyl (C=O) groups excluding carboxylic acids is 2. The van der Waals surface area contributed by atoms with Crippen LogP contribution in [0.25, 0.3) is 0 Å². The Morgan fingerprint density at radius 1 is 1.15 bits per heavy atom. The van der Waals surface area contributed by atoms with Crippen molar-refractivity contribution in [2.75, 3.05) is 12.4 Å². The quantitative estimate of drug-likeness (QED) is 0.714. The van der Waals surface area contributed by atoms with Crippen molar-refractivity contribution in [3.8, 4) is 0 Å². The van der Waals surface area contributed by atoms with Crippen LogP contribution in [0, 0.1) is 17.8 Å². The van der Waals surface area contributed by atoms with Gasteiger partial charge in [-0.25, -0.2) is 0 Å². The number of anilines is 1. The average molecular weight is 392 g/mol. The van der Waals surface area contributed by atoms with Crippen LogP contribution in [0.15, 0.2) is 18.2 Å². The summed E-state index contributed by atoms with van der Waals surface area (Å²) in [5.41, 5.74) is 1.05. The van der Waals surface area contributed by atoms with Crippen molar-refractivity contribution >= 4 is 29.1 Å². The number of nitrogens with one attached hydrogen (secondary N) is 3. The topological polar surface area (TPSA) is 70.2 Å². The van der Waals surface area contributed by atoms with Crippen molar-refractivity contribution in [1.82, 2.24) is 10.6 Å². The van der Waals surface area contributed by atoms with Gasteiger partial charge in [0.15, 0.2) is 0 Å². The molecule has 5 nitrogen and oxygen atoms in total. The number of halogens is 1. The van der Waals surface area contributed by atoms with Crippen LogP contribution in [-0.2, 0) is 4.79 Å². The summed E-state index contributed by atoms with van der Waals surface area (Å²) in [7, 11) is 1.81. The van der Waals surface area contributed by atoms with Gasteiger partial charge in [-0.3, -0.25) is 9.59 Å². The molecule has 1 aromatic carbocycles. The number of carbonyl (C=O) groups is 2. The predicted octanol–water partition coefficient (Wildman–Crippen LogP) is 3.83. The minimum absolute atomic E-state index is 0.150. The van der Waals surface area contributed by atoms with Gasteiger partial charge >= 0.3 is 0 Å². The third-order valence-corrected chi connectivity index (χ3v) is 6.80. The van der Waals surface area contributed by atoms with Gasteiger partial charge in [0.2, 0.25) is 5.91 Å². The summed E-state index contributed by atoms with van der Waals surface area (Å²) in [6, 6.07) is 5.55. The SMILES string of the molecule is CNc1ccc(Cl)c(C(=O)NC2(C)CCC(NC(=O)C3[C@@H](C)[C@H]3C)CC2)c1. The van der Waals surface area contributed by atoms with E-state index in [-0.39, 0.29) is 29.3 Å². The molecule has 0 aromatic heterocycles. The molecule has 2 amide bonds. The van der Waals surface area contributed by atoms with E-state index >= 15 is 0 Å². The first-order chi connectivity index (χ1) is 12.7. The molecule has 1 aromatic rings. The fourth-order valence-corrected chi connectivity index (χ4v) is 4.36. The molecule has 148 valence electrons. The largest absolute Gasteiger partial charge is 0.388 e. The van der Waals surface area contributed by atoms with Gasteiger partial charge in [-0.05, 0) is 62.6 Å². The molecule has 1 unspecified atom stereocenters. The number of hydrogen-bond acceptors (Lipinski definition) is 3. The van der Waals surface area contributed by atoms with Gasteiger partial charge in [0, 0.05) is 30.2 Å². The van der Waals surface area contributed by atoms with E-state index in [1.54, 1.807) is 12.1 Å². The Balaban J connectivity index is 1.55. The minimum Gasteiger partial charge on any atom is -0.388 e. The van der Waals surface area contributed by atoms with Gasteiger partial charge in [0.1, 0.15) is 0 Å². The molecule has 0 radical (unpaired) electrons. The van der Waals surface area contributed by atoms with Crippen molar-refractivity contribution in [3.05, 3.63) is 28.8 Å². The maximum absolute atomic E-state index is 12.7. The molecule has 0 spiro atoms. The second-order valence-corrected chi connectivity index (χ2v) is 8.89. The second kappa shape index (κ2) is 7.70. The molecule has 2 saturated carbocycles. The summed E-state index contributed by atoms with van der Waals surface area (Å²) in [5.74, 6) is 1.22. The molecule has 2 fully saturated rings. The van der Waals surface area contributed by atoms with Gasteiger partial charge < -0.3 is 16.0 Å². The molecule has 2 aliphatic rings. The molecule has 0 aliphatic heterocycles. The van der Waals surface area contributed by atoms with Crippen LogP contribution in [0.3, 0.4) is 0 Å². The Morgan fingerprint density at radius 2 is 1.78 bits per heavy atom. The normalized spacial score (nSPS) is 32.5. The highest BCUT2D eigenvalue weighted by atomic mass is 35.5. The first kappa shape index (κ1) is 20.0. The molecule has 0 bridgehead atoms. The molecule has 2 aliphatic carbocycles. The van der Waals surface area contributed by atoms with Crippen LogP contribution in [0.2, 0.25) is 5.02 Å². The Labute approximate surface area is 166 Å². The van der Waals surface area contributed by atoms with Gasteiger partial charge in [0.05, 0.1) is 10.6 Å². The summed E-state index contributed by atoms with van der Waals surface area (Å²) in [4.78, 5) is 25.1. The van der Waals surface area contributed by atoms with Gasteiger partial charge in [-0.2, -0.15) is 0 Å². The molecule has 3 N–H and O–H groups in total. The molecular weight excluding hydrogens is 362 g/mol. The molecule has 3 atom stereocenters. The number of amides is 2. The van der Waals surface area contributed by atoms with Crippen LogP contribution in [0.1, 0.15) is 56.8 Å². The van der Waals surface area contributed by atoms with E-state index < -0.39 is 0 Å². The molecule has 27 heavy (non-hydrogen) atoms. The van der Waals surface area contributed by atoms with E-state index in [4.69, 9.17) is 11.6 Å². The summed E-state index contributed by atoms with van der Waals surface area (Å²) < 4.78 is 0. The van der Waals surface area contributed by atoms with Crippen molar-refractivity contribution in [1.29, 1.82) is 0 Å². The van der Waals surface area contributed by atoms with Gasteiger partial charge in [-0.15, -0.1) is 0 Å². The van der Waals surface area contributed by atoms with E-state index in [9.17, 15) is 9.59 Å². The second-order valence-electron chi connectivity index (χ2n) is 8.49. The minimum atomic E-state index is -0.280. The number of rotatable bonds is 5. The lowest BCUT2D eigenvalue weighted by molar-refractivity contribution is -0.123. The molecular formula is C21H30ClN3O2. The molecule has 0 heterocycles. The zero-order valence-corrected chi connectivity index (χ0v) is 17.3. The highest BCUT2D eigenvalue weighted by molar-refractivity contribution is 6.34. The summed E-state index contributed by atoms with van der Waals surface area (Å²) in [6.45, 7) is 6.34. The van der Waals surface area contributed by atoms with Crippen LogP contribution < -0.4 is 16.0 Å². The first-order valence-corrected chi connectivity index (χ1v) is 10.2. The maximum atomic E-state index is 12.7. The zero-order valence-electron chi connectivity index (χ0n) is 16.6. The molecule has 6 heteroatoms. The van der Waals surface area contributed by atoms with E-state index in [1.165, 1.54) is 0 Å². The lowest BCUT2D eigenvalue weighted by atomic mass is 9.80. The van der Waals surface area contributed by atoms with E-state index in [1.807, 2.05) is 13.1 Å². The summed E-state index contributed by atoms with van der Waals surface area (Å²) >= 11 is 6.21. The Hall–Kier alpha value is -1.75. The lowest BCUT2D eigenvalue weighted by Gasteiger charge is -2.38. The van der Waals surface area contributed by atoms with E-state index in [0.29, 0.717) is 22.4 Å². The van der Waals surface area contributed by atoms with Crippen LogP contribution in [0.5, 0.6) is 0 Å². The summed E-state index contributed by atoms with van der Waals surface area (Å²) in [6.07, 6.45) is 3.43. The van der Waals surface area contributed by atoms with E-state index in [0.717, 1.165) is 31.4 Å². The van der Waals surface area contributed by atoms with Crippen LogP contribution >= 0.6 is 11.6 Å². The van der Waals surface area contributed by atoms with Crippen molar-refractivity contribution in [2.45, 2.75) is 58.0 Å². The van der Waals surface area contributed by atoms with Gasteiger partial charge in [0.25, 0.3) is 5.91 Å². The fourth-order valence-electron chi connectivity index (χ4n) is 4.16. The third-order valence-electron chi connectivity index (χ3n) is 6.47. The van der Waals surface area contributed by atoms with E-state index in [2.05, 4.69) is 36.7 Å². The first-order valence-electron chi connectivity index (χ1n) is 9.84. The monoisotopic (exact) mass is 391 g/mol. The molecule has 0 saturated heterocycles. The Kier molecular flexibility index (Phi) is 5.71. The Morgan fingerprint density at radius 3 is 2.33 bits per heavy atom. The number of benzene rings is 1. The fraction of sp³-hybridized carbons (Fsp3) is 0.619. The highest BCUT2D eigenvalue weighted by Crippen LogP contribution is 2.45. The Bertz CT molecular complexity index is 720. The third kappa shape index (κ3) is 4.40. The van der Waals surface area contributed by atoms with Crippen molar-refractivity contribution < 1.29 is 9.59 Å². The molecule has 3 rings (SSSR count). The maximum Gasteiger partial charge on any atom is 0.253 e.